The highest BCUT2D eigenvalue weighted by Gasteiger charge is 2.40. The van der Waals surface area contributed by atoms with Crippen molar-refractivity contribution in [2.75, 3.05) is 0 Å². The summed E-state index contributed by atoms with van der Waals surface area (Å²) in [6.07, 6.45) is -2.28. The van der Waals surface area contributed by atoms with Crippen molar-refractivity contribution >= 4 is 5.97 Å². The Morgan fingerprint density at radius 1 is 1.60 bits per heavy atom. The van der Waals surface area contributed by atoms with Crippen molar-refractivity contribution in [2.24, 2.45) is 5.73 Å². The van der Waals surface area contributed by atoms with Crippen LogP contribution in [0.15, 0.2) is 15.8 Å². The summed E-state index contributed by atoms with van der Waals surface area (Å²) < 4.78 is 6.44. The van der Waals surface area contributed by atoms with Crippen LogP contribution in [0.3, 0.4) is 0 Å². The predicted octanol–water partition coefficient (Wildman–Crippen LogP) is -2.09. The number of aromatic nitrogens is 2. The molecule has 2 unspecified atom stereocenters. The number of carboxylic acid groups (broad SMARTS) is 1. The minimum absolute atomic E-state index is 0.0861. The van der Waals surface area contributed by atoms with E-state index in [0.29, 0.717) is 5.56 Å². The number of rotatable bonds is 3. The van der Waals surface area contributed by atoms with Gasteiger partial charge in [0.2, 0.25) is 0 Å². The number of carboxylic acids is 1. The molecule has 110 valence electrons. The number of hydrogen-bond donors (Lipinski definition) is 4. The molecule has 2 rings (SSSR count). The van der Waals surface area contributed by atoms with Crippen molar-refractivity contribution in [3.05, 3.63) is 32.6 Å². The molecule has 5 N–H and O–H groups in total. The van der Waals surface area contributed by atoms with Crippen molar-refractivity contribution in [2.45, 2.75) is 37.8 Å². The molecule has 0 aromatic carbocycles. The van der Waals surface area contributed by atoms with Gasteiger partial charge in [-0.2, -0.15) is 0 Å². The number of aliphatic carboxylic acids is 1. The largest absolute Gasteiger partial charge is 0.479 e. The summed E-state index contributed by atoms with van der Waals surface area (Å²) in [5, 5.41) is 18.2. The van der Waals surface area contributed by atoms with E-state index in [0.717, 1.165) is 4.57 Å². The zero-order valence-electron chi connectivity index (χ0n) is 10.6. The van der Waals surface area contributed by atoms with Gasteiger partial charge in [-0.05, 0) is 13.3 Å². The normalized spacial score (nSPS) is 27.4. The van der Waals surface area contributed by atoms with Crippen molar-refractivity contribution in [3.8, 4) is 0 Å². The number of aliphatic hydroxyl groups is 1. The molecule has 1 saturated heterocycles. The number of aliphatic hydroxyl groups excluding tert-OH is 1. The van der Waals surface area contributed by atoms with Gasteiger partial charge < -0.3 is 20.7 Å². The minimum Gasteiger partial charge on any atom is -0.479 e. The van der Waals surface area contributed by atoms with E-state index in [4.69, 9.17) is 15.6 Å². The van der Waals surface area contributed by atoms with Crippen LogP contribution >= 0.6 is 0 Å². The monoisotopic (exact) mass is 285 g/mol. The summed E-state index contributed by atoms with van der Waals surface area (Å²) in [7, 11) is 0. The zero-order valence-corrected chi connectivity index (χ0v) is 10.6. The van der Waals surface area contributed by atoms with Crippen molar-refractivity contribution in [3.63, 3.8) is 0 Å². The van der Waals surface area contributed by atoms with E-state index < -0.39 is 41.7 Å². The third kappa shape index (κ3) is 2.50. The minimum atomic E-state index is -1.72. The van der Waals surface area contributed by atoms with E-state index in [1.807, 2.05) is 0 Å². The second-order valence-corrected chi connectivity index (χ2v) is 4.73. The maximum Gasteiger partial charge on any atom is 0.335 e. The molecule has 1 aromatic heterocycles. The fourth-order valence-corrected chi connectivity index (χ4v) is 2.13. The SMILES string of the molecule is Cc1cn([C@@H]2O[C@H](C(O)C(=O)O)CC2N)c(=O)[nH]c1=O. The number of H-pyrrole nitrogens is 1. The van der Waals surface area contributed by atoms with Gasteiger partial charge >= 0.3 is 11.7 Å². The second kappa shape index (κ2) is 5.19. The van der Waals surface area contributed by atoms with E-state index in [1.54, 1.807) is 0 Å². The third-order valence-corrected chi connectivity index (χ3v) is 3.21. The fraction of sp³-hybridized carbons (Fsp3) is 0.545. The molecule has 1 aliphatic rings. The predicted molar refractivity (Wildman–Crippen MR) is 66.2 cm³/mol. The molecular weight excluding hydrogens is 270 g/mol. The average Bonchev–Trinajstić information content (AvgIpc) is 2.74. The molecule has 1 fully saturated rings. The highest BCUT2D eigenvalue weighted by molar-refractivity contribution is 5.72. The molecule has 0 spiro atoms. The molecule has 9 heteroatoms. The van der Waals surface area contributed by atoms with Gasteiger partial charge in [-0.3, -0.25) is 14.3 Å². The van der Waals surface area contributed by atoms with Gasteiger partial charge in [-0.25, -0.2) is 9.59 Å². The smallest absolute Gasteiger partial charge is 0.335 e. The lowest BCUT2D eigenvalue weighted by atomic mass is 10.1. The fourth-order valence-electron chi connectivity index (χ4n) is 2.13. The molecule has 0 aliphatic carbocycles. The van der Waals surface area contributed by atoms with E-state index in [2.05, 4.69) is 4.98 Å². The van der Waals surface area contributed by atoms with Crippen LogP contribution in [-0.4, -0.2) is 44.0 Å². The van der Waals surface area contributed by atoms with Crippen molar-refractivity contribution < 1.29 is 19.7 Å². The first-order chi connectivity index (χ1) is 9.31. The molecule has 0 amide bonds. The van der Waals surface area contributed by atoms with Gasteiger partial charge in [0.25, 0.3) is 5.56 Å². The Balaban J connectivity index is 2.31. The second-order valence-electron chi connectivity index (χ2n) is 4.73. The van der Waals surface area contributed by atoms with Gasteiger partial charge in [0, 0.05) is 11.8 Å². The van der Waals surface area contributed by atoms with E-state index in [1.165, 1.54) is 13.1 Å². The summed E-state index contributed by atoms with van der Waals surface area (Å²) in [6, 6.07) is -0.669. The maximum absolute atomic E-state index is 11.7. The Bertz CT molecular complexity index is 636. The Labute approximate surface area is 112 Å². The van der Waals surface area contributed by atoms with E-state index in [-0.39, 0.29) is 6.42 Å². The number of aryl methyl sites for hydroxylation is 1. The molecule has 0 radical (unpaired) electrons. The van der Waals surface area contributed by atoms with Gasteiger partial charge in [0.15, 0.2) is 12.3 Å². The van der Waals surface area contributed by atoms with Gasteiger partial charge in [-0.15, -0.1) is 0 Å². The third-order valence-electron chi connectivity index (χ3n) is 3.21. The average molecular weight is 285 g/mol. The molecule has 20 heavy (non-hydrogen) atoms. The van der Waals surface area contributed by atoms with E-state index >= 15 is 0 Å². The summed E-state index contributed by atoms with van der Waals surface area (Å²) in [6.45, 7) is 1.51. The topological polar surface area (TPSA) is 148 Å². The Hall–Kier alpha value is -1.97. The Morgan fingerprint density at radius 2 is 2.25 bits per heavy atom. The van der Waals surface area contributed by atoms with Crippen molar-refractivity contribution in [1.29, 1.82) is 0 Å². The number of nitrogens with zero attached hydrogens (tertiary/aromatic N) is 1. The molecule has 9 nitrogen and oxygen atoms in total. The molecule has 4 atom stereocenters. The maximum atomic E-state index is 11.7. The number of hydrogen-bond acceptors (Lipinski definition) is 6. The molecule has 0 saturated carbocycles. The van der Waals surface area contributed by atoms with Crippen LogP contribution in [-0.2, 0) is 9.53 Å². The highest BCUT2D eigenvalue weighted by Crippen LogP contribution is 2.28. The van der Waals surface area contributed by atoms with Crippen molar-refractivity contribution in [1.82, 2.24) is 9.55 Å². The molecule has 1 aromatic rings. The summed E-state index contributed by atoms with van der Waals surface area (Å²) >= 11 is 0. The standard InChI is InChI=1S/C11H15N3O6/c1-4-3-14(11(19)13-8(4)16)9-5(12)2-6(20-9)7(15)10(17)18/h3,5-7,9,15H,2,12H2,1H3,(H,17,18)(H,13,16,19)/t5?,6-,7?,9+/m0/s1. The number of carbonyl (C=O) groups is 1. The number of ether oxygens (including phenoxy) is 1. The Kier molecular flexibility index (Phi) is 3.75. The highest BCUT2D eigenvalue weighted by atomic mass is 16.5. The van der Waals surface area contributed by atoms with Gasteiger partial charge in [0.05, 0.1) is 12.1 Å². The Morgan fingerprint density at radius 3 is 2.85 bits per heavy atom. The van der Waals surface area contributed by atoms with Crippen LogP contribution in [0.5, 0.6) is 0 Å². The quantitative estimate of drug-likeness (QED) is 0.497. The first-order valence-electron chi connectivity index (χ1n) is 5.95. The van der Waals surface area contributed by atoms with Crippen LogP contribution < -0.4 is 17.0 Å². The van der Waals surface area contributed by atoms with E-state index in [9.17, 15) is 19.5 Å². The van der Waals surface area contributed by atoms with Gasteiger partial charge in [0.1, 0.15) is 0 Å². The summed E-state index contributed by atoms with van der Waals surface area (Å²) in [5.74, 6) is -1.42. The number of nitrogens with two attached hydrogens (primary N) is 1. The lowest BCUT2D eigenvalue weighted by molar-refractivity contribution is -0.156. The van der Waals surface area contributed by atoms with Crippen LogP contribution in [0.4, 0.5) is 0 Å². The molecule has 1 aliphatic heterocycles. The summed E-state index contributed by atoms with van der Waals surface area (Å²) in [5.41, 5.74) is 4.89. The number of aromatic amines is 1. The van der Waals surface area contributed by atoms with Crippen LogP contribution in [0.2, 0.25) is 0 Å². The summed E-state index contributed by atoms with van der Waals surface area (Å²) in [4.78, 5) is 35.8. The molecular formula is C11H15N3O6. The lowest BCUT2D eigenvalue weighted by Crippen LogP contribution is -2.39. The first-order valence-corrected chi connectivity index (χ1v) is 5.95. The van der Waals surface area contributed by atoms with Crippen LogP contribution in [0.1, 0.15) is 18.2 Å². The van der Waals surface area contributed by atoms with Crippen LogP contribution in [0, 0.1) is 6.92 Å². The molecule has 0 bridgehead atoms. The van der Waals surface area contributed by atoms with Crippen LogP contribution in [0.25, 0.3) is 0 Å². The molecule has 2 heterocycles. The zero-order chi connectivity index (χ0) is 15.0. The van der Waals surface area contributed by atoms with Gasteiger partial charge in [-0.1, -0.05) is 0 Å². The first kappa shape index (κ1) is 14.4. The lowest BCUT2D eigenvalue weighted by Gasteiger charge is -2.19. The number of nitrogens with one attached hydrogen (secondary N) is 1.